The van der Waals surface area contributed by atoms with Crippen LogP contribution in [0.3, 0.4) is 0 Å². The molecule has 0 saturated heterocycles. The minimum atomic E-state index is -1.04. The zero-order valence-corrected chi connectivity index (χ0v) is 14.1. The van der Waals surface area contributed by atoms with Gasteiger partial charge in [-0.3, -0.25) is 9.36 Å². The molecule has 0 N–H and O–H groups in total. The Hall–Kier alpha value is -3.46. The molecular weight excluding hydrogens is 338 g/mol. The van der Waals surface area contributed by atoms with Gasteiger partial charge in [0.05, 0.1) is 10.9 Å². The van der Waals surface area contributed by atoms with Crippen molar-refractivity contribution in [1.29, 1.82) is 0 Å². The lowest BCUT2D eigenvalue weighted by atomic mass is 10.1. The minimum absolute atomic E-state index is 0.104. The lowest BCUT2D eigenvalue weighted by Gasteiger charge is -2.12. The van der Waals surface area contributed by atoms with E-state index in [1.54, 1.807) is 31.2 Å². The molecule has 3 aromatic rings. The molecule has 3 rings (SSSR count). The fraction of sp³-hybridized carbons (Fsp3) is 0.100. The molecule has 0 atom stereocenters. The summed E-state index contributed by atoms with van der Waals surface area (Å²) < 4.78 is 30.8. The van der Waals surface area contributed by atoms with Crippen molar-refractivity contribution in [2.24, 2.45) is 7.05 Å². The van der Waals surface area contributed by atoms with Gasteiger partial charge in [-0.2, -0.15) is 0 Å². The normalized spacial score (nSPS) is 10.9. The number of hydrogen-bond acceptors (Lipinski definition) is 2. The van der Waals surface area contributed by atoms with Crippen LogP contribution in [-0.4, -0.2) is 9.13 Å². The van der Waals surface area contributed by atoms with Gasteiger partial charge in [0.25, 0.3) is 5.56 Å². The second-order valence-electron chi connectivity index (χ2n) is 5.56. The lowest BCUT2D eigenvalue weighted by molar-refractivity contribution is 0.559. The molecule has 0 saturated carbocycles. The van der Waals surface area contributed by atoms with Gasteiger partial charge >= 0.3 is 5.69 Å². The highest BCUT2D eigenvalue weighted by molar-refractivity contribution is 5.78. The fourth-order valence-electron chi connectivity index (χ4n) is 2.66. The number of nitrogens with zero attached hydrogens (tertiary/aromatic N) is 2. The Morgan fingerprint density at radius 1 is 1.08 bits per heavy atom. The predicted molar refractivity (Wildman–Crippen MR) is 96.4 cm³/mol. The average molecular weight is 352 g/mol. The summed E-state index contributed by atoms with van der Waals surface area (Å²) >= 11 is 0. The van der Waals surface area contributed by atoms with E-state index in [2.05, 4.69) is 11.8 Å². The maximum absolute atomic E-state index is 14.6. The summed E-state index contributed by atoms with van der Waals surface area (Å²) in [6.07, 6.45) is 3.22. The molecule has 0 spiro atoms. The van der Waals surface area contributed by atoms with Crippen LogP contribution in [0.15, 0.2) is 58.1 Å². The second-order valence-corrected chi connectivity index (χ2v) is 5.56. The predicted octanol–water partition coefficient (Wildman–Crippen LogP) is 2.90. The highest BCUT2D eigenvalue weighted by Crippen LogP contribution is 2.18. The zero-order chi connectivity index (χ0) is 18.8. The van der Waals surface area contributed by atoms with E-state index in [0.717, 1.165) is 12.1 Å². The topological polar surface area (TPSA) is 44.0 Å². The molecular formula is C20H14F2N2O2. The van der Waals surface area contributed by atoms with E-state index in [9.17, 15) is 18.4 Å². The van der Waals surface area contributed by atoms with Gasteiger partial charge in [0.15, 0.2) is 11.6 Å². The van der Waals surface area contributed by atoms with Crippen LogP contribution in [0, 0.1) is 23.5 Å². The molecule has 6 heteroatoms. The molecule has 26 heavy (non-hydrogen) atoms. The van der Waals surface area contributed by atoms with E-state index in [-0.39, 0.29) is 10.9 Å². The number of aryl methyl sites for hydroxylation is 1. The van der Waals surface area contributed by atoms with E-state index in [0.29, 0.717) is 10.1 Å². The smallest absolute Gasteiger partial charge is 0.296 e. The van der Waals surface area contributed by atoms with Crippen molar-refractivity contribution >= 4 is 10.9 Å². The van der Waals surface area contributed by atoms with Crippen molar-refractivity contribution < 1.29 is 8.78 Å². The maximum Gasteiger partial charge on any atom is 0.336 e. The van der Waals surface area contributed by atoms with E-state index in [4.69, 9.17) is 0 Å². The summed E-state index contributed by atoms with van der Waals surface area (Å²) in [4.78, 5) is 25.2. The van der Waals surface area contributed by atoms with Crippen LogP contribution in [0.4, 0.5) is 8.78 Å². The summed E-state index contributed by atoms with van der Waals surface area (Å²) in [6, 6.07) is 8.37. The molecule has 0 unspecified atom stereocenters. The average Bonchev–Trinajstić information content (AvgIpc) is 2.62. The van der Waals surface area contributed by atoms with Crippen LogP contribution in [0.25, 0.3) is 16.6 Å². The third-order valence-corrected chi connectivity index (χ3v) is 3.88. The number of benzene rings is 2. The first kappa shape index (κ1) is 17.4. The number of para-hydroxylation sites is 1. The highest BCUT2D eigenvalue weighted by atomic mass is 19.1. The molecule has 2 aromatic carbocycles. The van der Waals surface area contributed by atoms with Crippen LogP contribution in [0.2, 0.25) is 0 Å². The largest absolute Gasteiger partial charge is 0.336 e. The van der Waals surface area contributed by atoms with Crippen molar-refractivity contribution in [1.82, 2.24) is 9.13 Å². The monoisotopic (exact) mass is 352 g/mol. The van der Waals surface area contributed by atoms with E-state index in [1.165, 1.54) is 23.8 Å². The lowest BCUT2D eigenvalue weighted by Crippen LogP contribution is -2.38. The van der Waals surface area contributed by atoms with Crippen LogP contribution in [0.5, 0.6) is 0 Å². The third kappa shape index (κ3) is 2.84. The third-order valence-electron chi connectivity index (χ3n) is 3.88. The van der Waals surface area contributed by atoms with E-state index < -0.39 is 28.6 Å². The zero-order valence-electron chi connectivity index (χ0n) is 14.1. The van der Waals surface area contributed by atoms with Crippen LogP contribution in [0.1, 0.15) is 12.5 Å². The summed E-state index contributed by atoms with van der Waals surface area (Å²) in [5.74, 6) is 3.14. The second kappa shape index (κ2) is 6.81. The van der Waals surface area contributed by atoms with E-state index >= 15 is 0 Å². The molecule has 1 aromatic heterocycles. The summed E-state index contributed by atoms with van der Waals surface area (Å²) in [5.41, 5.74) is -1.84. The maximum atomic E-state index is 14.6. The number of rotatable bonds is 1. The minimum Gasteiger partial charge on any atom is -0.296 e. The van der Waals surface area contributed by atoms with Gasteiger partial charge in [-0.1, -0.05) is 30.0 Å². The number of halogens is 2. The molecule has 0 amide bonds. The number of allylic oxidation sites excluding steroid dienone is 2. The number of aromatic nitrogens is 2. The Morgan fingerprint density at radius 3 is 2.38 bits per heavy atom. The first-order valence-corrected chi connectivity index (χ1v) is 7.78. The van der Waals surface area contributed by atoms with Gasteiger partial charge in [-0.25, -0.2) is 18.1 Å². The Bertz CT molecular complexity index is 1200. The molecule has 1 heterocycles. The standard InChI is InChI=1S/C20H14F2N2O2/c1-3-4-5-8-13-11-15(21)18(16(22)12-13)24-19(25)14-9-6-7-10-17(14)23(2)20(24)26/h3-4,6-7,9-12H,1-2H3. The Morgan fingerprint density at radius 2 is 1.73 bits per heavy atom. The van der Waals surface area contributed by atoms with Gasteiger partial charge in [0.2, 0.25) is 0 Å². The fourth-order valence-corrected chi connectivity index (χ4v) is 2.66. The van der Waals surface area contributed by atoms with Crippen molar-refractivity contribution in [3.05, 3.63) is 86.6 Å². The number of fused-ring (bicyclic) bond motifs is 1. The Kier molecular flexibility index (Phi) is 4.55. The summed E-state index contributed by atoms with van der Waals surface area (Å²) in [5, 5.41) is 0.186. The van der Waals surface area contributed by atoms with Crippen LogP contribution < -0.4 is 11.2 Å². The summed E-state index contributed by atoms with van der Waals surface area (Å²) in [7, 11) is 1.44. The molecule has 0 aliphatic rings. The highest BCUT2D eigenvalue weighted by Gasteiger charge is 2.19. The van der Waals surface area contributed by atoms with Crippen molar-refractivity contribution in [2.75, 3.05) is 0 Å². The molecule has 0 bridgehead atoms. The Labute approximate surface area is 147 Å². The molecule has 0 radical (unpaired) electrons. The molecule has 4 nitrogen and oxygen atoms in total. The quantitative estimate of drug-likeness (QED) is 0.632. The van der Waals surface area contributed by atoms with Crippen LogP contribution >= 0.6 is 0 Å². The first-order chi connectivity index (χ1) is 12.5. The molecule has 130 valence electrons. The van der Waals surface area contributed by atoms with Gasteiger partial charge in [-0.05, 0) is 37.3 Å². The SMILES string of the molecule is CC=CC#Cc1cc(F)c(-n2c(=O)c3ccccc3n(C)c2=O)c(F)c1. The van der Waals surface area contributed by atoms with Crippen molar-refractivity contribution in [3.63, 3.8) is 0 Å². The van der Waals surface area contributed by atoms with Crippen molar-refractivity contribution in [3.8, 4) is 17.5 Å². The van der Waals surface area contributed by atoms with Crippen molar-refractivity contribution in [2.45, 2.75) is 6.92 Å². The number of hydrogen-bond donors (Lipinski definition) is 0. The molecule has 0 aliphatic heterocycles. The van der Waals surface area contributed by atoms with Gasteiger partial charge < -0.3 is 0 Å². The molecule has 0 aliphatic carbocycles. The van der Waals surface area contributed by atoms with Crippen LogP contribution in [-0.2, 0) is 7.05 Å². The van der Waals surface area contributed by atoms with E-state index in [1.807, 2.05) is 0 Å². The first-order valence-electron chi connectivity index (χ1n) is 7.78. The van der Waals surface area contributed by atoms with Gasteiger partial charge in [-0.15, -0.1) is 0 Å². The summed E-state index contributed by atoms with van der Waals surface area (Å²) in [6.45, 7) is 1.76. The molecule has 0 fully saturated rings. The Balaban J connectivity index is 2.34. The van der Waals surface area contributed by atoms with Gasteiger partial charge in [0.1, 0.15) is 5.69 Å². The van der Waals surface area contributed by atoms with Gasteiger partial charge in [0, 0.05) is 12.6 Å².